The van der Waals surface area contributed by atoms with Crippen LogP contribution in [0.4, 0.5) is 10.2 Å². The summed E-state index contributed by atoms with van der Waals surface area (Å²) in [6.45, 7) is 1.77. The maximum atomic E-state index is 13.9. The van der Waals surface area contributed by atoms with Gasteiger partial charge >= 0.3 is 0 Å². The van der Waals surface area contributed by atoms with Crippen molar-refractivity contribution in [3.8, 4) is 29.0 Å². The first-order valence-electron chi connectivity index (χ1n) is 9.66. The summed E-state index contributed by atoms with van der Waals surface area (Å²) in [5.74, 6) is 0.635. The maximum absolute atomic E-state index is 13.9. The van der Waals surface area contributed by atoms with E-state index in [0.717, 1.165) is 12.1 Å². The molecule has 152 valence electrons. The minimum atomic E-state index is -0.579. The Balaban J connectivity index is 1.68. The summed E-state index contributed by atoms with van der Waals surface area (Å²) < 4.78 is 27.6. The number of nitrogens with zero attached hydrogens (tertiary/aromatic N) is 5. The van der Waals surface area contributed by atoms with E-state index in [4.69, 9.17) is 15.2 Å². The molecule has 1 fully saturated rings. The van der Waals surface area contributed by atoms with Gasteiger partial charge in [-0.15, -0.1) is 0 Å². The minimum absolute atomic E-state index is 0.0122. The highest BCUT2D eigenvalue weighted by Crippen LogP contribution is 2.42. The quantitative estimate of drug-likeness (QED) is 0.611. The zero-order valence-electron chi connectivity index (χ0n) is 16.5. The Morgan fingerprint density at radius 2 is 2.17 bits per heavy atom. The third-order valence-electron chi connectivity index (χ3n) is 5.54. The number of nitrogens with two attached hydrogens (primary N) is 1. The molecule has 0 amide bonds. The SMILES string of the molecule is C[C@H]1Oc2nc(cnc2N)-c2c(nn(C)c2C#N)CC2CC2Oc2ccc(F)cc21. The van der Waals surface area contributed by atoms with Crippen molar-refractivity contribution in [2.75, 3.05) is 5.73 Å². The summed E-state index contributed by atoms with van der Waals surface area (Å²) in [5, 5.41) is 14.2. The van der Waals surface area contributed by atoms with E-state index in [-0.39, 0.29) is 29.5 Å². The largest absolute Gasteiger partial charge is 0.490 e. The lowest BCUT2D eigenvalue weighted by molar-refractivity contribution is 0.205. The Morgan fingerprint density at radius 1 is 1.33 bits per heavy atom. The van der Waals surface area contributed by atoms with E-state index >= 15 is 0 Å². The molecule has 2 unspecified atom stereocenters. The highest BCUT2D eigenvalue weighted by molar-refractivity contribution is 5.69. The molecule has 2 bridgehead atoms. The molecule has 3 atom stereocenters. The number of nitriles is 1. The number of hydrogen-bond donors (Lipinski definition) is 1. The molecule has 0 saturated heterocycles. The second-order valence-electron chi connectivity index (χ2n) is 7.65. The van der Waals surface area contributed by atoms with Crippen molar-refractivity contribution in [2.24, 2.45) is 13.0 Å². The van der Waals surface area contributed by atoms with Gasteiger partial charge in [0.15, 0.2) is 5.82 Å². The van der Waals surface area contributed by atoms with E-state index < -0.39 is 6.10 Å². The van der Waals surface area contributed by atoms with Crippen LogP contribution >= 0.6 is 0 Å². The van der Waals surface area contributed by atoms with Crippen LogP contribution in [0.25, 0.3) is 11.3 Å². The molecule has 1 saturated carbocycles. The monoisotopic (exact) mass is 406 g/mol. The molecule has 3 aromatic rings. The number of ether oxygens (including phenoxy) is 2. The molecular formula is C21H19FN6O2. The van der Waals surface area contributed by atoms with E-state index in [2.05, 4.69) is 21.1 Å². The lowest BCUT2D eigenvalue weighted by atomic mass is 10.1. The molecule has 3 heterocycles. The number of anilines is 1. The number of rotatable bonds is 0. The zero-order chi connectivity index (χ0) is 21.0. The lowest BCUT2D eigenvalue weighted by Crippen LogP contribution is -2.11. The molecule has 30 heavy (non-hydrogen) atoms. The second-order valence-corrected chi connectivity index (χ2v) is 7.65. The van der Waals surface area contributed by atoms with Crippen LogP contribution in [0, 0.1) is 23.1 Å². The molecular weight excluding hydrogens is 387 g/mol. The zero-order valence-corrected chi connectivity index (χ0v) is 16.5. The molecule has 2 aromatic heterocycles. The van der Waals surface area contributed by atoms with E-state index in [1.165, 1.54) is 18.3 Å². The Morgan fingerprint density at radius 3 is 2.97 bits per heavy atom. The van der Waals surface area contributed by atoms with Gasteiger partial charge in [-0.1, -0.05) is 0 Å². The van der Waals surface area contributed by atoms with Gasteiger partial charge in [0.25, 0.3) is 5.88 Å². The molecule has 5 rings (SSSR count). The van der Waals surface area contributed by atoms with Gasteiger partial charge in [0, 0.05) is 18.5 Å². The van der Waals surface area contributed by atoms with Gasteiger partial charge in [0.2, 0.25) is 0 Å². The third kappa shape index (κ3) is 3.01. The first-order valence-corrected chi connectivity index (χ1v) is 9.66. The van der Waals surface area contributed by atoms with Crippen molar-refractivity contribution >= 4 is 5.82 Å². The predicted octanol–water partition coefficient (Wildman–Crippen LogP) is 2.93. The normalized spacial score (nSPS) is 21.9. The standard InChI is InChI=1S/C21H19FN6O2/c1-10-13-7-12(22)3-4-17(13)30-18-6-11(18)5-14-19(16(8-23)28(2)27-14)15-9-25-20(24)21(26-15)29-10/h3-4,7,9-11,18H,5-6H2,1-2H3,(H2,24,25)/t10-,11?,18?/m1/s1. The molecule has 2 aliphatic rings. The average Bonchev–Trinajstić information content (AvgIpc) is 3.36. The van der Waals surface area contributed by atoms with E-state index in [9.17, 15) is 9.65 Å². The van der Waals surface area contributed by atoms with Crippen LogP contribution in [-0.2, 0) is 13.5 Å². The number of nitrogen functional groups attached to an aromatic ring is 1. The topological polar surface area (TPSA) is 112 Å². The summed E-state index contributed by atoms with van der Waals surface area (Å²) in [7, 11) is 1.73. The Bertz CT molecular complexity index is 1200. The smallest absolute Gasteiger partial charge is 0.258 e. The van der Waals surface area contributed by atoms with Crippen molar-refractivity contribution in [1.82, 2.24) is 19.7 Å². The highest BCUT2D eigenvalue weighted by atomic mass is 19.1. The summed E-state index contributed by atoms with van der Waals surface area (Å²) in [5.41, 5.74) is 8.79. The first kappa shape index (κ1) is 18.4. The van der Waals surface area contributed by atoms with Gasteiger partial charge in [-0.3, -0.25) is 4.68 Å². The first-order chi connectivity index (χ1) is 14.4. The highest BCUT2D eigenvalue weighted by Gasteiger charge is 2.42. The van der Waals surface area contributed by atoms with Gasteiger partial charge in [-0.05, 0) is 38.0 Å². The molecule has 2 N–H and O–H groups in total. The molecule has 1 aliphatic carbocycles. The predicted molar refractivity (Wildman–Crippen MR) is 105 cm³/mol. The number of benzene rings is 1. The van der Waals surface area contributed by atoms with E-state index in [1.807, 2.05) is 0 Å². The van der Waals surface area contributed by atoms with Crippen LogP contribution in [0.5, 0.6) is 11.6 Å². The number of halogens is 1. The summed E-state index contributed by atoms with van der Waals surface area (Å²) in [6.07, 6.45) is 2.40. The number of aryl methyl sites for hydroxylation is 1. The molecule has 1 aromatic carbocycles. The maximum Gasteiger partial charge on any atom is 0.258 e. The minimum Gasteiger partial charge on any atom is -0.490 e. The van der Waals surface area contributed by atoms with E-state index in [0.29, 0.717) is 34.7 Å². The van der Waals surface area contributed by atoms with Crippen LogP contribution in [-0.4, -0.2) is 25.9 Å². The number of aromatic nitrogens is 4. The number of fused-ring (bicyclic) bond motifs is 6. The van der Waals surface area contributed by atoms with Crippen molar-refractivity contribution in [3.05, 3.63) is 47.2 Å². The Hall–Kier alpha value is -3.67. The van der Waals surface area contributed by atoms with Crippen LogP contribution in [0.3, 0.4) is 0 Å². The van der Waals surface area contributed by atoms with Gasteiger partial charge in [-0.25, -0.2) is 14.4 Å². The van der Waals surface area contributed by atoms with Crippen molar-refractivity contribution in [2.45, 2.75) is 32.0 Å². The fourth-order valence-electron chi connectivity index (χ4n) is 3.87. The van der Waals surface area contributed by atoms with Crippen LogP contribution in [0.15, 0.2) is 24.4 Å². The number of hydrogen-bond acceptors (Lipinski definition) is 7. The fraction of sp³-hybridized carbons (Fsp3) is 0.333. The molecule has 1 aliphatic heterocycles. The van der Waals surface area contributed by atoms with Crippen molar-refractivity contribution in [1.29, 1.82) is 5.26 Å². The van der Waals surface area contributed by atoms with Gasteiger partial charge in [0.05, 0.1) is 23.1 Å². The van der Waals surface area contributed by atoms with Gasteiger partial charge in [0.1, 0.15) is 35.5 Å². The average molecular weight is 406 g/mol. The van der Waals surface area contributed by atoms with Gasteiger partial charge < -0.3 is 15.2 Å². The molecule has 0 spiro atoms. The summed E-state index contributed by atoms with van der Waals surface area (Å²) in [4.78, 5) is 8.75. The van der Waals surface area contributed by atoms with Crippen LogP contribution in [0.1, 0.15) is 36.4 Å². The molecule has 8 nitrogen and oxygen atoms in total. The Kier molecular flexibility index (Phi) is 4.10. The lowest BCUT2D eigenvalue weighted by Gasteiger charge is -2.19. The second kappa shape index (κ2) is 6.69. The van der Waals surface area contributed by atoms with Crippen molar-refractivity contribution < 1.29 is 13.9 Å². The summed E-state index contributed by atoms with van der Waals surface area (Å²) in [6, 6.07) is 6.58. The van der Waals surface area contributed by atoms with Gasteiger partial charge in [-0.2, -0.15) is 10.4 Å². The fourth-order valence-corrected chi connectivity index (χ4v) is 3.87. The molecule has 9 heteroatoms. The van der Waals surface area contributed by atoms with Crippen molar-refractivity contribution in [3.63, 3.8) is 0 Å². The Labute approximate surface area is 172 Å². The third-order valence-corrected chi connectivity index (χ3v) is 5.54. The van der Waals surface area contributed by atoms with Crippen LogP contribution < -0.4 is 15.2 Å². The molecule has 0 radical (unpaired) electrons. The van der Waals surface area contributed by atoms with Crippen LogP contribution in [0.2, 0.25) is 0 Å². The van der Waals surface area contributed by atoms with E-state index in [1.54, 1.807) is 24.7 Å². The summed E-state index contributed by atoms with van der Waals surface area (Å²) >= 11 is 0.